The van der Waals surface area contributed by atoms with E-state index in [0.717, 1.165) is 12.4 Å². The van der Waals surface area contributed by atoms with Crippen LogP contribution in [0.4, 0.5) is 5.82 Å². The largest absolute Gasteiger partial charge is 0.369 e. The molecule has 12 heavy (non-hydrogen) atoms. The molecule has 2 nitrogen and oxygen atoms in total. The molecule has 0 radical (unpaired) electrons. The number of rotatable bonds is 0. The van der Waals surface area contributed by atoms with Crippen molar-refractivity contribution >= 4 is 5.82 Å². The van der Waals surface area contributed by atoms with Gasteiger partial charge in [-0.3, -0.25) is 0 Å². The molecule has 2 heterocycles. The third-order valence-electron chi connectivity index (χ3n) is 2.45. The van der Waals surface area contributed by atoms with E-state index in [9.17, 15) is 0 Å². The highest BCUT2D eigenvalue weighted by molar-refractivity contribution is 5.55. The highest BCUT2D eigenvalue weighted by atomic mass is 15.0. The Kier molecular flexibility index (Phi) is 1.40. The van der Waals surface area contributed by atoms with Crippen molar-refractivity contribution in [2.24, 2.45) is 0 Å². The van der Waals surface area contributed by atoms with Crippen molar-refractivity contribution in [3.63, 3.8) is 0 Å². The summed E-state index contributed by atoms with van der Waals surface area (Å²) in [6.07, 6.45) is 1.91. The molecule has 0 amide bonds. The van der Waals surface area contributed by atoms with Crippen molar-refractivity contribution in [2.75, 3.05) is 11.9 Å². The zero-order valence-corrected chi connectivity index (χ0v) is 7.81. The first-order valence-corrected chi connectivity index (χ1v) is 4.30. The van der Waals surface area contributed by atoms with Crippen molar-refractivity contribution in [1.82, 2.24) is 4.98 Å². The fourth-order valence-electron chi connectivity index (χ4n) is 1.63. The second kappa shape index (κ2) is 2.22. The Bertz CT molecular complexity index is 316. The molecule has 0 fully saturated rings. The van der Waals surface area contributed by atoms with Gasteiger partial charge in [0.2, 0.25) is 0 Å². The average Bonchev–Trinajstić information content (AvgIpc) is 2.28. The molecule has 2 rings (SSSR count). The van der Waals surface area contributed by atoms with Gasteiger partial charge < -0.3 is 5.32 Å². The molecular formula is C10H14N2. The van der Waals surface area contributed by atoms with Crippen LogP contribution in [0.15, 0.2) is 12.3 Å². The molecule has 0 unspecified atom stereocenters. The SMILES string of the molecule is Cc1cnc2c(c1)C(C)(C)CN2. The molecular weight excluding hydrogens is 148 g/mol. The van der Waals surface area contributed by atoms with E-state index in [1.807, 2.05) is 6.20 Å². The van der Waals surface area contributed by atoms with E-state index < -0.39 is 0 Å². The lowest BCUT2D eigenvalue weighted by molar-refractivity contribution is 0.585. The maximum Gasteiger partial charge on any atom is 0.129 e. The standard InChI is InChI=1S/C10H14N2/c1-7-4-8-9(11-5-7)12-6-10(8,2)3/h4-5H,6H2,1-3H3,(H,11,12). The predicted octanol–water partition coefficient (Wildman–Crippen LogP) is 2.09. The summed E-state index contributed by atoms with van der Waals surface area (Å²) >= 11 is 0. The Balaban J connectivity index is 2.57. The van der Waals surface area contributed by atoms with Gasteiger partial charge in [0.15, 0.2) is 0 Å². The Hall–Kier alpha value is -1.05. The van der Waals surface area contributed by atoms with Crippen LogP contribution in [0, 0.1) is 6.92 Å². The minimum Gasteiger partial charge on any atom is -0.369 e. The molecule has 1 N–H and O–H groups in total. The lowest BCUT2D eigenvalue weighted by Gasteiger charge is -2.16. The van der Waals surface area contributed by atoms with Crippen LogP contribution in [0.25, 0.3) is 0 Å². The van der Waals surface area contributed by atoms with Gasteiger partial charge in [0.25, 0.3) is 0 Å². The summed E-state index contributed by atoms with van der Waals surface area (Å²) in [7, 11) is 0. The van der Waals surface area contributed by atoms with Crippen LogP contribution in [0.2, 0.25) is 0 Å². The number of nitrogens with zero attached hydrogens (tertiary/aromatic N) is 1. The topological polar surface area (TPSA) is 24.9 Å². The van der Waals surface area contributed by atoms with E-state index >= 15 is 0 Å². The van der Waals surface area contributed by atoms with Gasteiger partial charge in [0, 0.05) is 23.7 Å². The molecule has 0 aromatic carbocycles. The number of aromatic nitrogens is 1. The van der Waals surface area contributed by atoms with Gasteiger partial charge in [-0.15, -0.1) is 0 Å². The Labute approximate surface area is 73.0 Å². The molecule has 1 aliphatic rings. The average molecular weight is 162 g/mol. The molecule has 0 aliphatic carbocycles. The zero-order chi connectivity index (χ0) is 8.77. The normalized spacial score (nSPS) is 18.6. The van der Waals surface area contributed by atoms with Crippen LogP contribution in [0.5, 0.6) is 0 Å². The van der Waals surface area contributed by atoms with E-state index in [1.165, 1.54) is 11.1 Å². The fraction of sp³-hybridized carbons (Fsp3) is 0.500. The zero-order valence-electron chi connectivity index (χ0n) is 7.81. The number of fused-ring (bicyclic) bond motifs is 1. The minimum absolute atomic E-state index is 0.244. The smallest absolute Gasteiger partial charge is 0.129 e. The van der Waals surface area contributed by atoms with Crippen LogP contribution >= 0.6 is 0 Å². The van der Waals surface area contributed by atoms with E-state index in [0.29, 0.717) is 0 Å². The summed E-state index contributed by atoms with van der Waals surface area (Å²) < 4.78 is 0. The first kappa shape index (κ1) is 7.59. The summed E-state index contributed by atoms with van der Waals surface area (Å²) in [6, 6.07) is 2.22. The second-order valence-electron chi connectivity index (χ2n) is 4.15. The first-order chi connectivity index (χ1) is 5.59. The third-order valence-corrected chi connectivity index (χ3v) is 2.45. The Morgan fingerprint density at radius 1 is 1.50 bits per heavy atom. The number of aryl methyl sites for hydroxylation is 1. The van der Waals surface area contributed by atoms with Crippen LogP contribution in [-0.2, 0) is 5.41 Å². The van der Waals surface area contributed by atoms with Crippen molar-refractivity contribution in [2.45, 2.75) is 26.2 Å². The highest BCUT2D eigenvalue weighted by Crippen LogP contribution is 2.34. The van der Waals surface area contributed by atoms with Crippen molar-refractivity contribution in [1.29, 1.82) is 0 Å². The van der Waals surface area contributed by atoms with E-state index in [4.69, 9.17) is 0 Å². The van der Waals surface area contributed by atoms with E-state index in [2.05, 4.69) is 37.1 Å². The maximum atomic E-state index is 4.34. The lowest BCUT2D eigenvalue weighted by atomic mass is 9.87. The number of pyridine rings is 1. The minimum atomic E-state index is 0.244. The van der Waals surface area contributed by atoms with Gasteiger partial charge in [-0.05, 0) is 12.5 Å². The van der Waals surface area contributed by atoms with Crippen molar-refractivity contribution < 1.29 is 0 Å². The van der Waals surface area contributed by atoms with Crippen LogP contribution in [0.3, 0.4) is 0 Å². The Morgan fingerprint density at radius 2 is 2.25 bits per heavy atom. The predicted molar refractivity (Wildman–Crippen MR) is 50.5 cm³/mol. The molecule has 0 saturated heterocycles. The van der Waals surface area contributed by atoms with E-state index in [1.54, 1.807) is 0 Å². The molecule has 1 aromatic heterocycles. The number of nitrogens with one attached hydrogen (secondary N) is 1. The van der Waals surface area contributed by atoms with Gasteiger partial charge in [-0.1, -0.05) is 19.9 Å². The van der Waals surface area contributed by atoms with Crippen molar-refractivity contribution in [3.8, 4) is 0 Å². The third kappa shape index (κ3) is 0.986. The van der Waals surface area contributed by atoms with Gasteiger partial charge in [-0.2, -0.15) is 0 Å². The van der Waals surface area contributed by atoms with Crippen LogP contribution < -0.4 is 5.32 Å². The van der Waals surface area contributed by atoms with Gasteiger partial charge in [0.1, 0.15) is 5.82 Å². The summed E-state index contributed by atoms with van der Waals surface area (Å²) in [5, 5.41) is 3.31. The molecule has 0 saturated carbocycles. The van der Waals surface area contributed by atoms with Crippen LogP contribution in [-0.4, -0.2) is 11.5 Å². The molecule has 1 aliphatic heterocycles. The number of anilines is 1. The molecule has 1 aromatic rings. The fourth-order valence-corrected chi connectivity index (χ4v) is 1.63. The van der Waals surface area contributed by atoms with E-state index in [-0.39, 0.29) is 5.41 Å². The monoisotopic (exact) mass is 162 g/mol. The summed E-state index contributed by atoms with van der Waals surface area (Å²) in [4.78, 5) is 4.34. The maximum absolute atomic E-state index is 4.34. The van der Waals surface area contributed by atoms with Crippen molar-refractivity contribution in [3.05, 3.63) is 23.4 Å². The second-order valence-corrected chi connectivity index (χ2v) is 4.15. The van der Waals surface area contributed by atoms with Crippen LogP contribution in [0.1, 0.15) is 25.0 Å². The number of hydrogen-bond donors (Lipinski definition) is 1. The number of hydrogen-bond acceptors (Lipinski definition) is 2. The Morgan fingerprint density at radius 3 is 3.00 bits per heavy atom. The first-order valence-electron chi connectivity index (χ1n) is 4.30. The van der Waals surface area contributed by atoms with Gasteiger partial charge >= 0.3 is 0 Å². The van der Waals surface area contributed by atoms with Gasteiger partial charge in [0.05, 0.1) is 0 Å². The summed E-state index contributed by atoms with van der Waals surface area (Å²) in [5.41, 5.74) is 2.84. The molecule has 64 valence electrons. The molecule has 0 spiro atoms. The summed E-state index contributed by atoms with van der Waals surface area (Å²) in [5.74, 6) is 1.06. The molecule has 0 bridgehead atoms. The van der Waals surface area contributed by atoms with Gasteiger partial charge in [-0.25, -0.2) is 4.98 Å². The highest BCUT2D eigenvalue weighted by Gasteiger charge is 2.30. The molecule has 2 heteroatoms. The summed E-state index contributed by atoms with van der Waals surface area (Å²) in [6.45, 7) is 7.57. The molecule has 0 atom stereocenters. The lowest BCUT2D eigenvalue weighted by Crippen LogP contribution is -2.18. The quantitative estimate of drug-likeness (QED) is 0.632.